The van der Waals surface area contributed by atoms with Gasteiger partial charge in [0, 0.05) is 17.5 Å². The molecule has 0 radical (unpaired) electrons. The standard InChI is InChI=1S/C14H20N2O3/c1-9(2)14(19-10(3)4)15-12-6-7-13(16(17)18)11(5)8-12/h6-10H,1-5H3/b15-14-. The molecule has 0 N–H and O–H groups in total. The van der Waals surface area contributed by atoms with Crippen LogP contribution in [0.4, 0.5) is 11.4 Å². The van der Waals surface area contributed by atoms with Gasteiger partial charge in [0.2, 0.25) is 0 Å². The lowest BCUT2D eigenvalue weighted by Crippen LogP contribution is -2.16. The van der Waals surface area contributed by atoms with E-state index in [9.17, 15) is 10.1 Å². The number of hydrogen-bond acceptors (Lipinski definition) is 4. The Bertz CT molecular complexity index is 493. The molecular formula is C14H20N2O3. The number of aryl methyl sites for hydroxylation is 1. The van der Waals surface area contributed by atoms with Crippen molar-refractivity contribution in [3.05, 3.63) is 33.9 Å². The van der Waals surface area contributed by atoms with Gasteiger partial charge in [0.1, 0.15) is 0 Å². The summed E-state index contributed by atoms with van der Waals surface area (Å²) in [7, 11) is 0. The third-order valence-corrected chi connectivity index (χ3v) is 2.47. The van der Waals surface area contributed by atoms with Crippen LogP contribution >= 0.6 is 0 Å². The number of nitrogens with zero attached hydrogens (tertiary/aromatic N) is 2. The summed E-state index contributed by atoms with van der Waals surface area (Å²) in [4.78, 5) is 14.8. The molecule has 0 aromatic heterocycles. The number of benzene rings is 1. The molecule has 0 aliphatic rings. The van der Waals surface area contributed by atoms with Gasteiger partial charge < -0.3 is 4.74 Å². The lowest BCUT2D eigenvalue weighted by atomic mass is 10.1. The van der Waals surface area contributed by atoms with Gasteiger partial charge in [-0.1, -0.05) is 13.8 Å². The first-order chi connectivity index (χ1) is 8.81. The summed E-state index contributed by atoms with van der Waals surface area (Å²) in [5.41, 5.74) is 1.38. The highest BCUT2D eigenvalue weighted by atomic mass is 16.6. The van der Waals surface area contributed by atoms with E-state index in [0.29, 0.717) is 17.1 Å². The van der Waals surface area contributed by atoms with Crippen molar-refractivity contribution in [1.29, 1.82) is 0 Å². The molecule has 0 spiro atoms. The third-order valence-electron chi connectivity index (χ3n) is 2.47. The molecule has 0 amide bonds. The van der Waals surface area contributed by atoms with Crippen LogP contribution in [0.25, 0.3) is 0 Å². The lowest BCUT2D eigenvalue weighted by molar-refractivity contribution is -0.385. The van der Waals surface area contributed by atoms with Crippen LogP contribution in [0.1, 0.15) is 33.3 Å². The highest BCUT2D eigenvalue weighted by molar-refractivity contribution is 5.81. The fourth-order valence-corrected chi connectivity index (χ4v) is 1.57. The van der Waals surface area contributed by atoms with Crippen molar-refractivity contribution in [3.8, 4) is 0 Å². The molecule has 0 bridgehead atoms. The number of ether oxygens (including phenoxy) is 1. The van der Waals surface area contributed by atoms with Gasteiger partial charge in [0.15, 0.2) is 5.90 Å². The summed E-state index contributed by atoms with van der Waals surface area (Å²) in [5, 5.41) is 10.8. The zero-order valence-corrected chi connectivity index (χ0v) is 12.0. The predicted octanol–water partition coefficient (Wildman–Crippen LogP) is 4.01. The van der Waals surface area contributed by atoms with Crippen LogP contribution in [-0.4, -0.2) is 16.9 Å². The Kier molecular flexibility index (Phi) is 5.03. The summed E-state index contributed by atoms with van der Waals surface area (Å²) in [6.07, 6.45) is 0.0558. The smallest absolute Gasteiger partial charge is 0.272 e. The molecule has 0 unspecified atom stereocenters. The minimum atomic E-state index is -0.392. The van der Waals surface area contributed by atoms with Crippen LogP contribution in [-0.2, 0) is 4.74 Å². The van der Waals surface area contributed by atoms with E-state index in [1.165, 1.54) is 6.07 Å². The van der Waals surface area contributed by atoms with E-state index < -0.39 is 4.92 Å². The first kappa shape index (κ1) is 15.1. The van der Waals surface area contributed by atoms with E-state index >= 15 is 0 Å². The van der Waals surface area contributed by atoms with Crippen molar-refractivity contribution in [3.63, 3.8) is 0 Å². The Morgan fingerprint density at radius 2 is 1.95 bits per heavy atom. The van der Waals surface area contributed by atoms with Gasteiger partial charge in [0.25, 0.3) is 5.69 Å². The number of nitro benzene ring substituents is 1. The SMILES string of the molecule is Cc1cc(/N=C(\OC(C)C)C(C)C)ccc1[N+](=O)[O-]. The van der Waals surface area contributed by atoms with E-state index in [4.69, 9.17) is 4.74 Å². The first-order valence-corrected chi connectivity index (χ1v) is 6.31. The van der Waals surface area contributed by atoms with Crippen LogP contribution in [0.5, 0.6) is 0 Å². The van der Waals surface area contributed by atoms with Gasteiger partial charge in [-0.25, -0.2) is 4.99 Å². The fourth-order valence-electron chi connectivity index (χ4n) is 1.57. The van der Waals surface area contributed by atoms with E-state index in [2.05, 4.69) is 4.99 Å². The van der Waals surface area contributed by atoms with E-state index in [1.807, 2.05) is 27.7 Å². The Morgan fingerprint density at radius 3 is 2.37 bits per heavy atom. The molecule has 0 atom stereocenters. The second-order valence-corrected chi connectivity index (χ2v) is 5.00. The Balaban J connectivity index is 3.08. The van der Waals surface area contributed by atoms with Crippen molar-refractivity contribution in [2.24, 2.45) is 10.9 Å². The molecule has 5 nitrogen and oxygen atoms in total. The molecular weight excluding hydrogens is 244 g/mol. The van der Waals surface area contributed by atoms with Gasteiger partial charge in [-0.05, 0) is 32.9 Å². The normalized spacial score (nSPS) is 12.1. The molecule has 19 heavy (non-hydrogen) atoms. The molecule has 1 aromatic carbocycles. The Hall–Kier alpha value is -1.91. The number of aliphatic imine (C=N–C) groups is 1. The van der Waals surface area contributed by atoms with E-state index in [-0.39, 0.29) is 17.7 Å². The summed E-state index contributed by atoms with van der Waals surface area (Å²) < 4.78 is 5.65. The predicted molar refractivity (Wildman–Crippen MR) is 76.0 cm³/mol. The number of nitro groups is 1. The molecule has 1 aromatic rings. The van der Waals surface area contributed by atoms with Crippen LogP contribution in [0.3, 0.4) is 0 Å². The Labute approximate surface area is 113 Å². The van der Waals surface area contributed by atoms with Crippen molar-refractivity contribution in [2.45, 2.75) is 40.7 Å². The molecule has 0 saturated heterocycles. The minimum Gasteiger partial charge on any atom is -0.478 e. The topological polar surface area (TPSA) is 64.7 Å². The van der Waals surface area contributed by atoms with Crippen molar-refractivity contribution < 1.29 is 9.66 Å². The van der Waals surface area contributed by atoms with Crippen molar-refractivity contribution in [2.75, 3.05) is 0 Å². The van der Waals surface area contributed by atoms with Crippen molar-refractivity contribution in [1.82, 2.24) is 0 Å². The largest absolute Gasteiger partial charge is 0.478 e. The van der Waals surface area contributed by atoms with Crippen LogP contribution in [0.15, 0.2) is 23.2 Å². The van der Waals surface area contributed by atoms with Crippen LogP contribution in [0.2, 0.25) is 0 Å². The Morgan fingerprint density at radius 1 is 1.32 bits per heavy atom. The van der Waals surface area contributed by atoms with E-state index in [1.54, 1.807) is 19.1 Å². The van der Waals surface area contributed by atoms with Gasteiger partial charge in [0.05, 0.1) is 16.7 Å². The number of rotatable bonds is 4. The fraction of sp³-hybridized carbons (Fsp3) is 0.500. The average molecular weight is 264 g/mol. The zero-order chi connectivity index (χ0) is 14.6. The molecule has 5 heteroatoms. The molecule has 0 heterocycles. The van der Waals surface area contributed by atoms with Gasteiger partial charge in [-0.2, -0.15) is 0 Å². The second kappa shape index (κ2) is 6.31. The first-order valence-electron chi connectivity index (χ1n) is 6.31. The van der Waals surface area contributed by atoms with Gasteiger partial charge in [-0.15, -0.1) is 0 Å². The third kappa shape index (κ3) is 4.35. The number of hydrogen-bond donors (Lipinski definition) is 0. The van der Waals surface area contributed by atoms with Crippen LogP contribution < -0.4 is 0 Å². The maximum absolute atomic E-state index is 10.8. The van der Waals surface area contributed by atoms with E-state index in [0.717, 1.165) is 0 Å². The summed E-state index contributed by atoms with van der Waals surface area (Å²) in [6, 6.07) is 4.81. The second-order valence-electron chi connectivity index (χ2n) is 5.00. The quantitative estimate of drug-likeness (QED) is 0.357. The monoisotopic (exact) mass is 264 g/mol. The highest BCUT2D eigenvalue weighted by Gasteiger charge is 2.12. The van der Waals surface area contributed by atoms with Gasteiger partial charge >= 0.3 is 0 Å². The van der Waals surface area contributed by atoms with Crippen molar-refractivity contribution >= 4 is 17.3 Å². The molecule has 104 valence electrons. The molecule has 0 aliphatic carbocycles. The van der Waals surface area contributed by atoms with Gasteiger partial charge in [-0.3, -0.25) is 10.1 Å². The maximum Gasteiger partial charge on any atom is 0.272 e. The summed E-state index contributed by atoms with van der Waals surface area (Å²) >= 11 is 0. The minimum absolute atomic E-state index is 0.0558. The highest BCUT2D eigenvalue weighted by Crippen LogP contribution is 2.24. The lowest BCUT2D eigenvalue weighted by Gasteiger charge is -2.15. The summed E-state index contributed by atoms with van der Waals surface area (Å²) in [6.45, 7) is 9.59. The maximum atomic E-state index is 10.8. The molecule has 0 aliphatic heterocycles. The van der Waals surface area contributed by atoms with Crippen LogP contribution in [0, 0.1) is 23.0 Å². The average Bonchev–Trinajstić information content (AvgIpc) is 2.26. The molecule has 0 fully saturated rings. The zero-order valence-electron chi connectivity index (χ0n) is 12.0. The molecule has 1 rings (SSSR count). The summed E-state index contributed by atoms with van der Waals surface area (Å²) in [5.74, 6) is 0.807. The molecule has 0 saturated carbocycles.